The fourth-order valence-electron chi connectivity index (χ4n) is 2.20. The van der Waals surface area contributed by atoms with Crippen LogP contribution < -0.4 is 0 Å². The van der Waals surface area contributed by atoms with E-state index in [0.717, 1.165) is 17.7 Å². The molecule has 1 heterocycles. The van der Waals surface area contributed by atoms with Crippen LogP contribution in [0.1, 0.15) is 35.6 Å². The molecule has 0 fully saturated rings. The average molecular weight is 287 g/mol. The number of phenols is 1. The van der Waals surface area contributed by atoms with E-state index in [0.29, 0.717) is 18.8 Å². The van der Waals surface area contributed by atoms with Gasteiger partial charge in [-0.25, -0.2) is 0 Å². The van der Waals surface area contributed by atoms with Crippen molar-refractivity contribution in [1.29, 1.82) is 0 Å². The molecule has 0 aliphatic rings. The molecule has 0 aliphatic carbocycles. The van der Waals surface area contributed by atoms with E-state index in [1.54, 1.807) is 28.8 Å². The van der Waals surface area contributed by atoms with Crippen molar-refractivity contribution in [3.63, 3.8) is 0 Å². The Hall–Kier alpha value is -2.30. The zero-order valence-electron chi connectivity index (χ0n) is 12.7. The molecule has 0 saturated carbocycles. The minimum atomic E-state index is -0.0443. The maximum Gasteiger partial charge on any atom is 0.272 e. The van der Waals surface area contributed by atoms with E-state index in [-0.39, 0.29) is 11.7 Å². The number of hydrogen-bond acceptors (Lipinski definition) is 3. The Balaban J connectivity index is 2.15. The van der Waals surface area contributed by atoms with Crippen molar-refractivity contribution in [2.45, 2.75) is 33.4 Å². The van der Waals surface area contributed by atoms with Crippen molar-refractivity contribution in [3.05, 3.63) is 47.3 Å². The van der Waals surface area contributed by atoms with E-state index in [4.69, 9.17) is 0 Å². The number of benzene rings is 1. The van der Waals surface area contributed by atoms with Crippen molar-refractivity contribution in [1.82, 2.24) is 14.7 Å². The molecule has 1 aromatic heterocycles. The van der Waals surface area contributed by atoms with Gasteiger partial charge in [0.25, 0.3) is 5.91 Å². The zero-order chi connectivity index (χ0) is 15.4. The van der Waals surface area contributed by atoms with Crippen LogP contribution in [0.4, 0.5) is 0 Å². The molecule has 1 amide bonds. The van der Waals surface area contributed by atoms with E-state index in [2.05, 4.69) is 5.10 Å². The lowest BCUT2D eigenvalue weighted by Gasteiger charge is -2.17. The van der Waals surface area contributed by atoms with Gasteiger partial charge in [0.2, 0.25) is 0 Å². The predicted octanol–water partition coefficient (Wildman–Crippen LogP) is 2.44. The van der Waals surface area contributed by atoms with Gasteiger partial charge in [-0.2, -0.15) is 5.10 Å². The summed E-state index contributed by atoms with van der Waals surface area (Å²) in [4.78, 5) is 14.2. The molecule has 2 aromatic rings. The maximum atomic E-state index is 12.5. The molecular weight excluding hydrogens is 266 g/mol. The lowest BCUT2D eigenvalue weighted by atomic mass is 10.2. The van der Waals surface area contributed by atoms with Crippen LogP contribution >= 0.6 is 0 Å². The topological polar surface area (TPSA) is 58.4 Å². The summed E-state index contributed by atoms with van der Waals surface area (Å²) >= 11 is 0. The number of amides is 1. The normalized spacial score (nSPS) is 10.6. The molecule has 1 aromatic carbocycles. The zero-order valence-corrected chi connectivity index (χ0v) is 12.7. The quantitative estimate of drug-likeness (QED) is 0.919. The third kappa shape index (κ3) is 3.42. The smallest absolute Gasteiger partial charge is 0.272 e. The standard InChI is InChI=1S/C16H21N3O2/c1-4-13-10-15(19(5-2)17-13)16(21)18(3)11-12-6-8-14(20)9-7-12/h6-10,20H,4-5,11H2,1-3H3. The summed E-state index contributed by atoms with van der Waals surface area (Å²) in [7, 11) is 1.77. The monoisotopic (exact) mass is 287 g/mol. The number of rotatable bonds is 5. The van der Waals surface area contributed by atoms with Crippen LogP contribution in [0.3, 0.4) is 0 Å². The van der Waals surface area contributed by atoms with Crippen LogP contribution in [0, 0.1) is 0 Å². The van der Waals surface area contributed by atoms with Crippen molar-refractivity contribution < 1.29 is 9.90 Å². The molecule has 2 rings (SSSR count). The molecule has 1 N–H and O–H groups in total. The summed E-state index contributed by atoms with van der Waals surface area (Å²) in [5.41, 5.74) is 2.52. The van der Waals surface area contributed by atoms with Crippen molar-refractivity contribution in [3.8, 4) is 5.75 Å². The summed E-state index contributed by atoms with van der Waals surface area (Å²) in [5.74, 6) is 0.182. The fourth-order valence-corrected chi connectivity index (χ4v) is 2.20. The Morgan fingerprint density at radius 1 is 1.29 bits per heavy atom. The number of aromatic hydroxyl groups is 1. The van der Waals surface area contributed by atoms with Crippen molar-refractivity contribution >= 4 is 5.91 Å². The first kappa shape index (κ1) is 15.1. The second-order valence-corrected chi connectivity index (χ2v) is 5.02. The lowest BCUT2D eigenvalue weighted by Crippen LogP contribution is -2.28. The maximum absolute atomic E-state index is 12.5. The van der Waals surface area contributed by atoms with E-state index < -0.39 is 0 Å². The molecule has 0 atom stereocenters. The molecular formula is C16H21N3O2. The lowest BCUT2D eigenvalue weighted by molar-refractivity contribution is 0.0773. The molecule has 5 heteroatoms. The van der Waals surface area contributed by atoms with Gasteiger partial charge in [0.1, 0.15) is 11.4 Å². The largest absolute Gasteiger partial charge is 0.508 e. The Morgan fingerprint density at radius 3 is 2.52 bits per heavy atom. The van der Waals surface area contributed by atoms with Gasteiger partial charge in [0, 0.05) is 20.1 Å². The van der Waals surface area contributed by atoms with Crippen LogP contribution in [0.2, 0.25) is 0 Å². The molecule has 0 unspecified atom stereocenters. The van der Waals surface area contributed by atoms with E-state index >= 15 is 0 Å². The van der Waals surface area contributed by atoms with Crippen LogP contribution in [0.15, 0.2) is 30.3 Å². The number of carbonyl (C=O) groups excluding carboxylic acids is 1. The summed E-state index contributed by atoms with van der Waals surface area (Å²) in [6, 6.07) is 8.73. The highest BCUT2D eigenvalue weighted by Crippen LogP contribution is 2.14. The van der Waals surface area contributed by atoms with E-state index in [9.17, 15) is 9.90 Å². The Bertz CT molecular complexity index is 617. The number of aryl methyl sites for hydroxylation is 2. The van der Waals surface area contributed by atoms with Gasteiger partial charge in [-0.05, 0) is 37.1 Å². The molecule has 21 heavy (non-hydrogen) atoms. The third-order valence-electron chi connectivity index (χ3n) is 3.41. The minimum Gasteiger partial charge on any atom is -0.508 e. The summed E-state index contributed by atoms with van der Waals surface area (Å²) in [6.45, 7) is 5.17. The molecule has 5 nitrogen and oxygen atoms in total. The SMILES string of the molecule is CCc1cc(C(=O)N(C)Cc2ccc(O)cc2)n(CC)n1. The molecule has 0 bridgehead atoms. The second kappa shape index (κ2) is 6.43. The van der Waals surface area contributed by atoms with Crippen LogP contribution in [0.5, 0.6) is 5.75 Å². The van der Waals surface area contributed by atoms with Gasteiger partial charge < -0.3 is 10.0 Å². The summed E-state index contributed by atoms with van der Waals surface area (Å²) < 4.78 is 1.74. The average Bonchev–Trinajstić information content (AvgIpc) is 2.92. The molecule has 0 aliphatic heterocycles. The molecule has 0 saturated heterocycles. The van der Waals surface area contributed by atoms with Gasteiger partial charge in [0.15, 0.2) is 0 Å². The minimum absolute atomic E-state index is 0.0443. The van der Waals surface area contributed by atoms with Gasteiger partial charge in [0.05, 0.1) is 5.69 Å². The van der Waals surface area contributed by atoms with Crippen LogP contribution in [-0.4, -0.2) is 32.7 Å². The van der Waals surface area contributed by atoms with Crippen molar-refractivity contribution in [2.24, 2.45) is 0 Å². The molecule has 0 radical (unpaired) electrons. The van der Waals surface area contributed by atoms with Gasteiger partial charge in [-0.1, -0.05) is 19.1 Å². The highest BCUT2D eigenvalue weighted by molar-refractivity contribution is 5.92. The first-order valence-electron chi connectivity index (χ1n) is 7.15. The second-order valence-electron chi connectivity index (χ2n) is 5.02. The highest BCUT2D eigenvalue weighted by Gasteiger charge is 2.18. The van der Waals surface area contributed by atoms with Crippen LogP contribution in [0.25, 0.3) is 0 Å². The first-order valence-corrected chi connectivity index (χ1v) is 7.15. The predicted molar refractivity (Wildman–Crippen MR) is 81.2 cm³/mol. The van der Waals surface area contributed by atoms with Gasteiger partial charge in [-0.15, -0.1) is 0 Å². The Morgan fingerprint density at radius 2 is 1.95 bits per heavy atom. The van der Waals surface area contributed by atoms with E-state index in [1.165, 1.54) is 0 Å². The third-order valence-corrected chi connectivity index (χ3v) is 3.41. The van der Waals surface area contributed by atoms with Crippen molar-refractivity contribution in [2.75, 3.05) is 7.05 Å². The number of aromatic nitrogens is 2. The number of carbonyl (C=O) groups is 1. The Labute approximate surface area is 124 Å². The van der Waals surface area contributed by atoms with Gasteiger partial charge >= 0.3 is 0 Å². The first-order chi connectivity index (χ1) is 10.0. The van der Waals surface area contributed by atoms with E-state index in [1.807, 2.05) is 32.0 Å². The number of hydrogen-bond donors (Lipinski definition) is 1. The molecule has 0 spiro atoms. The highest BCUT2D eigenvalue weighted by atomic mass is 16.3. The number of phenolic OH excluding ortho intramolecular Hbond substituents is 1. The van der Waals surface area contributed by atoms with Gasteiger partial charge in [-0.3, -0.25) is 9.48 Å². The summed E-state index contributed by atoms with van der Waals surface area (Å²) in [6.07, 6.45) is 0.814. The summed E-state index contributed by atoms with van der Waals surface area (Å²) in [5, 5.41) is 13.7. The van der Waals surface area contributed by atoms with Crippen LogP contribution in [-0.2, 0) is 19.5 Å². The fraction of sp³-hybridized carbons (Fsp3) is 0.375. The molecule has 112 valence electrons. The number of nitrogens with zero attached hydrogens (tertiary/aromatic N) is 3. The Kier molecular flexibility index (Phi) is 4.62.